The van der Waals surface area contributed by atoms with Crippen molar-refractivity contribution in [1.29, 1.82) is 0 Å². The minimum atomic E-state index is -0.958. The number of anilines is 1. The lowest BCUT2D eigenvalue weighted by atomic mass is 10.1. The maximum atomic E-state index is 13.7. The van der Waals surface area contributed by atoms with Crippen molar-refractivity contribution in [2.24, 2.45) is 0 Å². The summed E-state index contributed by atoms with van der Waals surface area (Å²) in [7, 11) is 0. The van der Waals surface area contributed by atoms with E-state index in [1.807, 2.05) is 0 Å². The van der Waals surface area contributed by atoms with Gasteiger partial charge in [-0.1, -0.05) is 0 Å². The van der Waals surface area contributed by atoms with E-state index in [1.165, 1.54) is 60.7 Å². The van der Waals surface area contributed by atoms with Gasteiger partial charge in [0.2, 0.25) is 18.0 Å². The fraction of sp³-hybridized carbons (Fsp3) is 0.0333. The second-order valence-electron chi connectivity index (χ2n) is 9.32. The number of esters is 1. The van der Waals surface area contributed by atoms with Gasteiger partial charge in [-0.05, 0) is 54.6 Å². The summed E-state index contributed by atoms with van der Waals surface area (Å²) in [6.07, 6.45) is 0. The number of carbonyl (C=O) groups is 2. The van der Waals surface area contributed by atoms with Gasteiger partial charge in [0.25, 0.3) is 17.3 Å². The first-order valence-corrected chi connectivity index (χ1v) is 12.7. The van der Waals surface area contributed by atoms with Gasteiger partial charge in [-0.3, -0.25) is 29.8 Å². The highest BCUT2D eigenvalue weighted by molar-refractivity contribution is 6.05. The van der Waals surface area contributed by atoms with Crippen molar-refractivity contribution in [1.82, 2.24) is 0 Å². The normalized spacial score (nSPS) is 11.6. The first-order chi connectivity index (χ1) is 21.2. The lowest BCUT2D eigenvalue weighted by Gasteiger charge is -2.12. The lowest BCUT2D eigenvalue weighted by molar-refractivity contribution is -0.385. The average Bonchev–Trinajstić information content (AvgIpc) is 3.50. The number of hydrogen-bond acceptors (Lipinski definition) is 11. The summed E-state index contributed by atoms with van der Waals surface area (Å²) in [5.74, 6) is -1.27. The molecule has 0 radical (unpaired) electrons. The highest BCUT2D eigenvalue weighted by Gasteiger charge is 2.24. The van der Waals surface area contributed by atoms with Gasteiger partial charge in [-0.15, -0.1) is 0 Å². The summed E-state index contributed by atoms with van der Waals surface area (Å²) < 4.78 is 22.4. The molecule has 14 heteroatoms. The van der Waals surface area contributed by atoms with Crippen LogP contribution in [0, 0.1) is 20.2 Å². The molecular formula is C30H17N3O11. The lowest BCUT2D eigenvalue weighted by Crippen LogP contribution is -2.16. The number of hydrogen-bond donors (Lipinski definition) is 1. The molecule has 1 aromatic heterocycles. The Morgan fingerprint density at radius 1 is 0.773 bits per heavy atom. The summed E-state index contributed by atoms with van der Waals surface area (Å²) >= 11 is 0. The third-order valence-electron chi connectivity index (χ3n) is 6.59. The number of non-ortho nitro benzene ring substituents is 2. The molecular weight excluding hydrogens is 578 g/mol. The van der Waals surface area contributed by atoms with Crippen LogP contribution in [0.5, 0.6) is 17.2 Å². The Labute approximate surface area is 245 Å². The first kappa shape index (κ1) is 27.6. The zero-order chi connectivity index (χ0) is 31.0. The molecule has 4 aromatic carbocycles. The molecule has 0 saturated carbocycles. The standard InChI is InChI=1S/C30H17N3O11/c34-26-22-11-6-19(31-29(35)16-1-7-20(8-2-16)32(37)38)14-24(22)43-27(18-5-12-23-25(13-18)42-15-41-23)28(26)44-30(36)17-3-9-21(10-4-17)33(39)40/h1-14H,15H2,(H,31,35). The SMILES string of the molecule is O=C(Nc1ccc2c(=O)c(OC(=O)c3ccc([N+](=O)[O-])cc3)c(-c3ccc4c(c3)OCO4)oc2c1)c1ccc([N+](=O)[O-])cc1. The molecule has 218 valence electrons. The monoisotopic (exact) mass is 595 g/mol. The number of amides is 1. The van der Waals surface area contributed by atoms with Gasteiger partial charge in [-0.25, -0.2) is 4.79 Å². The van der Waals surface area contributed by atoms with E-state index in [-0.39, 0.29) is 51.7 Å². The van der Waals surface area contributed by atoms with Crippen molar-refractivity contribution < 1.29 is 38.1 Å². The van der Waals surface area contributed by atoms with Crippen molar-refractivity contribution >= 4 is 39.9 Å². The van der Waals surface area contributed by atoms with Gasteiger partial charge < -0.3 is 23.9 Å². The third kappa shape index (κ3) is 5.25. The Bertz CT molecular complexity index is 2050. The fourth-order valence-corrected chi connectivity index (χ4v) is 4.38. The number of ether oxygens (including phenoxy) is 3. The van der Waals surface area contributed by atoms with Crippen LogP contribution in [0.4, 0.5) is 17.1 Å². The smallest absolute Gasteiger partial charge is 0.343 e. The molecule has 1 amide bonds. The fourth-order valence-electron chi connectivity index (χ4n) is 4.38. The molecule has 44 heavy (non-hydrogen) atoms. The first-order valence-electron chi connectivity index (χ1n) is 12.7. The van der Waals surface area contributed by atoms with E-state index in [0.29, 0.717) is 17.1 Å². The topological polar surface area (TPSA) is 190 Å². The molecule has 0 unspecified atom stereocenters. The van der Waals surface area contributed by atoms with Crippen molar-refractivity contribution in [3.8, 4) is 28.6 Å². The van der Waals surface area contributed by atoms with Gasteiger partial charge in [0.05, 0.1) is 20.8 Å². The quantitative estimate of drug-likeness (QED) is 0.142. The van der Waals surface area contributed by atoms with Crippen molar-refractivity contribution in [2.75, 3.05) is 12.1 Å². The molecule has 0 bridgehead atoms. The Morgan fingerprint density at radius 2 is 1.41 bits per heavy atom. The van der Waals surface area contributed by atoms with Crippen LogP contribution < -0.4 is 25.0 Å². The minimum Gasteiger partial charge on any atom is -0.454 e. The Morgan fingerprint density at radius 3 is 2.07 bits per heavy atom. The highest BCUT2D eigenvalue weighted by Crippen LogP contribution is 2.39. The molecule has 2 heterocycles. The summed E-state index contributed by atoms with van der Waals surface area (Å²) in [5.41, 5.74) is -0.403. The minimum absolute atomic E-state index is 0.0136. The van der Waals surface area contributed by atoms with Crippen LogP contribution in [0.25, 0.3) is 22.3 Å². The molecule has 0 fully saturated rings. The van der Waals surface area contributed by atoms with E-state index in [0.717, 1.165) is 12.1 Å². The summed E-state index contributed by atoms with van der Waals surface area (Å²) in [5, 5.41) is 24.6. The molecule has 6 rings (SSSR count). The number of fused-ring (bicyclic) bond motifs is 2. The van der Waals surface area contributed by atoms with Crippen molar-refractivity contribution in [3.63, 3.8) is 0 Å². The number of nitrogens with zero attached hydrogens (tertiary/aromatic N) is 2. The Kier molecular flexibility index (Phi) is 6.91. The molecule has 0 atom stereocenters. The molecule has 0 spiro atoms. The van der Waals surface area contributed by atoms with Crippen molar-refractivity contribution in [2.45, 2.75) is 0 Å². The van der Waals surface area contributed by atoms with Crippen LogP contribution >= 0.6 is 0 Å². The zero-order valence-electron chi connectivity index (χ0n) is 22.2. The van der Waals surface area contributed by atoms with Crippen molar-refractivity contribution in [3.05, 3.63) is 127 Å². The van der Waals surface area contributed by atoms with Crippen LogP contribution in [0.15, 0.2) is 94.1 Å². The predicted molar refractivity (Wildman–Crippen MR) is 153 cm³/mol. The summed E-state index contributed by atoms with van der Waals surface area (Å²) in [6, 6.07) is 18.6. The number of nitrogens with one attached hydrogen (secondary N) is 1. The van der Waals surface area contributed by atoms with E-state index in [9.17, 15) is 34.6 Å². The molecule has 5 aromatic rings. The number of nitro benzene ring substituents is 2. The van der Waals surface area contributed by atoms with Crippen LogP contribution in [-0.2, 0) is 0 Å². The van der Waals surface area contributed by atoms with Crippen LogP contribution in [0.1, 0.15) is 20.7 Å². The van der Waals surface area contributed by atoms with E-state index in [1.54, 1.807) is 12.1 Å². The van der Waals surface area contributed by atoms with E-state index in [2.05, 4.69) is 5.32 Å². The Hall–Kier alpha value is -6.57. The van der Waals surface area contributed by atoms with Crippen LogP contribution in [-0.4, -0.2) is 28.5 Å². The van der Waals surface area contributed by atoms with E-state index >= 15 is 0 Å². The molecule has 1 aliphatic heterocycles. The second-order valence-corrected chi connectivity index (χ2v) is 9.32. The summed E-state index contributed by atoms with van der Waals surface area (Å²) in [4.78, 5) is 60.2. The molecule has 0 saturated heterocycles. The van der Waals surface area contributed by atoms with Crippen LogP contribution in [0.2, 0.25) is 0 Å². The zero-order valence-corrected chi connectivity index (χ0v) is 22.2. The number of rotatable bonds is 7. The highest BCUT2D eigenvalue weighted by atomic mass is 16.7. The predicted octanol–water partition coefficient (Wildman–Crippen LogP) is 5.48. The maximum absolute atomic E-state index is 13.7. The van der Waals surface area contributed by atoms with Gasteiger partial charge in [0, 0.05) is 47.1 Å². The molecule has 1 aliphatic rings. The maximum Gasteiger partial charge on any atom is 0.343 e. The molecule has 0 aliphatic carbocycles. The number of nitro groups is 2. The largest absolute Gasteiger partial charge is 0.454 e. The third-order valence-corrected chi connectivity index (χ3v) is 6.59. The number of carbonyl (C=O) groups excluding carboxylic acids is 2. The van der Waals surface area contributed by atoms with Gasteiger partial charge in [-0.2, -0.15) is 0 Å². The average molecular weight is 595 g/mol. The second kappa shape index (κ2) is 11.0. The number of benzene rings is 4. The van der Waals surface area contributed by atoms with E-state index < -0.39 is 32.9 Å². The van der Waals surface area contributed by atoms with E-state index in [4.69, 9.17) is 18.6 Å². The molecule has 1 N–H and O–H groups in total. The van der Waals surface area contributed by atoms with Crippen LogP contribution in [0.3, 0.4) is 0 Å². The summed E-state index contributed by atoms with van der Waals surface area (Å²) in [6.45, 7) is -0.0136. The van der Waals surface area contributed by atoms with Gasteiger partial charge >= 0.3 is 5.97 Å². The Balaban J connectivity index is 1.39. The molecule has 14 nitrogen and oxygen atoms in total. The van der Waals surface area contributed by atoms with Gasteiger partial charge in [0.15, 0.2) is 17.3 Å². The van der Waals surface area contributed by atoms with Gasteiger partial charge in [0.1, 0.15) is 5.58 Å².